The van der Waals surface area contributed by atoms with Crippen molar-refractivity contribution in [2.75, 3.05) is 32.9 Å². The van der Waals surface area contributed by atoms with Gasteiger partial charge >= 0.3 is 0 Å². The molecule has 0 unspecified atom stereocenters. The zero-order valence-corrected chi connectivity index (χ0v) is 21.5. The number of hydrogen-bond donors (Lipinski definition) is 1. The van der Waals surface area contributed by atoms with E-state index in [-0.39, 0.29) is 5.91 Å². The Morgan fingerprint density at radius 2 is 1.78 bits per heavy atom. The van der Waals surface area contributed by atoms with Crippen LogP contribution in [0.2, 0.25) is 0 Å². The van der Waals surface area contributed by atoms with Crippen LogP contribution < -0.4 is 5.73 Å². The van der Waals surface area contributed by atoms with Crippen LogP contribution in [-0.4, -0.2) is 57.4 Å². The Morgan fingerprint density at radius 1 is 1.06 bits per heavy atom. The average Bonchev–Trinajstić information content (AvgIpc) is 3.19. The van der Waals surface area contributed by atoms with Gasteiger partial charge in [0.15, 0.2) is 0 Å². The number of carbonyl (C=O) groups excluding carboxylic acids is 1. The number of hydrogen-bond acceptors (Lipinski definition) is 5. The van der Waals surface area contributed by atoms with Crippen LogP contribution in [0.15, 0.2) is 54.7 Å². The minimum Gasteiger partial charge on any atom is -0.384 e. The minimum absolute atomic E-state index is 0.0480. The van der Waals surface area contributed by atoms with Gasteiger partial charge in [0.2, 0.25) is 0 Å². The monoisotopic (exact) mass is 482 g/mol. The zero-order valence-electron chi connectivity index (χ0n) is 21.5. The van der Waals surface area contributed by atoms with E-state index in [1.165, 1.54) is 11.3 Å². The van der Waals surface area contributed by atoms with Crippen molar-refractivity contribution in [2.45, 2.75) is 32.2 Å². The molecule has 2 N–H and O–H groups in total. The van der Waals surface area contributed by atoms with Gasteiger partial charge in [-0.05, 0) is 86.3 Å². The SMILES string of the molecule is Cc1nc(N)ccc1-c1ccnc2c1cc(CN1CCC(c3ccc(C(=O)N(C)C)cc3)CC1)n2C. The van der Waals surface area contributed by atoms with Gasteiger partial charge in [-0.15, -0.1) is 0 Å². The fourth-order valence-electron chi connectivity index (χ4n) is 5.33. The number of aromatic nitrogens is 3. The number of nitrogens with zero attached hydrogens (tertiary/aromatic N) is 5. The number of rotatable bonds is 5. The van der Waals surface area contributed by atoms with Gasteiger partial charge in [-0.3, -0.25) is 9.69 Å². The second kappa shape index (κ2) is 9.74. The highest BCUT2D eigenvalue weighted by Gasteiger charge is 2.23. The van der Waals surface area contributed by atoms with Crippen LogP contribution in [0.3, 0.4) is 0 Å². The minimum atomic E-state index is 0.0480. The Hall–Kier alpha value is -3.71. The van der Waals surface area contributed by atoms with E-state index in [1.807, 2.05) is 37.4 Å². The first-order valence-corrected chi connectivity index (χ1v) is 12.5. The predicted octanol–water partition coefficient (Wildman–Crippen LogP) is 4.61. The van der Waals surface area contributed by atoms with E-state index in [9.17, 15) is 4.79 Å². The lowest BCUT2D eigenvalue weighted by Gasteiger charge is -2.32. The number of nitrogens with two attached hydrogens (primary N) is 1. The van der Waals surface area contributed by atoms with Crippen molar-refractivity contribution < 1.29 is 4.79 Å². The highest BCUT2D eigenvalue weighted by atomic mass is 16.2. The summed E-state index contributed by atoms with van der Waals surface area (Å²) in [7, 11) is 5.68. The summed E-state index contributed by atoms with van der Waals surface area (Å²) in [4.78, 5) is 25.5. The number of likely N-dealkylation sites (tertiary alicyclic amines) is 1. The quantitative estimate of drug-likeness (QED) is 0.449. The number of aryl methyl sites for hydroxylation is 2. The Balaban J connectivity index is 1.30. The number of carbonyl (C=O) groups is 1. The summed E-state index contributed by atoms with van der Waals surface area (Å²) in [5.41, 5.74) is 13.4. The molecular formula is C29H34N6O. The van der Waals surface area contributed by atoms with Crippen LogP contribution in [0, 0.1) is 6.92 Å². The number of anilines is 1. The second-order valence-electron chi connectivity index (χ2n) is 10.0. The molecule has 36 heavy (non-hydrogen) atoms. The largest absolute Gasteiger partial charge is 0.384 e. The van der Waals surface area contributed by atoms with Crippen molar-refractivity contribution in [3.63, 3.8) is 0 Å². The maximum absolute atomic E-state index is 12.2. The lowest BCUT2D eigenvalue weighted by atomic mass is 9.89. The third kappa shape index (κ3) is 4.58. The summed E-state index contributed by atoms with van der Waals surface area (Å²) in [5, 5.41) is 1.15. The highest BCUT2D eigenvalue weighted by molar-refractivity contribution is 5.95. The summed E-state index contributed by atoms with van der Waals surface area (Å²) >= 11 is 0. The van der Waals surface area contributed by atoms with Crippen LogP contribution in [0.25, 0.3) is 22.2 Å². The topological polar surface area (TPSA) is 80.3 Å². The molecule has 0 atom stereocenters. The van der Waals surface area contributed by atoms with Gasteiger partial charge in [0.1, 0.15) is 11.5 Å². The first-order valence-electron chi connectivity index (χ1n) is 12.5. The summed E-state index contributed by atoms with van der Waals surface area (Å²) in [6, 6.07) is 16.4. The highest BCUT2D eigenvalue weighted by Crippen LogP contribution is 2.33. The fourth-order valence-corrected chi connectivity index (χ4v) is 5.33. The lowest BCUT2D eigenvalue weighted by Crippen LogP contribution is -2.33. The smallest absolute Gasteiger partial charge is 0.253 e. The Labute approximate surface area is 212 Å². The molecule has 186 valence electrons. The molecule has 1 aliphatic heterocycles. The molecule has 0 radical (unpaired) electrons. The molecule has 4 heterocycles. The molecule has 0 spiro atoms. The Morgan fingerprint density at radius 3 is 2.44 bits per heavy atom. The van der Waals surface area contributed by atoms with Crippen molar-refractivity contribution in [3.05, 3.63) is 77.2 Å². The maximum atomic E-state index is 12.2. The molecule has 5 rings (SSSR count). The summed E-state index contributed by atoms with van der Waals surface area (Å²) in [6.45, 7) is 4.99. The zero-order chi connectivity index (χ0) is 25.4. The molecule has 1 amide bonds. The molecule has 1 saturated heterocycles. The number of pyridine rings is 2. The van der Waals surface area contributed by atoms with Gasteiger partial charge in [0.05, 0.1) is 0 Å². The van der Waals surface area contributed by atoms with Gasteiger partial charge in [0, 0.05) is 61.8 Å². The van der Waals surface area contributed by atoms with Crippen molar-refractivity contribution in [1.29, 1.82) is 0 Å². The molecule has 7 heteroatoms. The van der Waals surface area contributed by atoms with Gasteiger partial charge in [0.25, 0.3) is 5.91 Å². The third-order valence-electron chi connectivity index (χ3n) is 7.43. The molecule has 0 aliphatic carbocycles. The summed E-state index contributed by atoms with van der Waals surface area (Å²) in [6.07, 6.45) is 4.11. The molecule has 1 aliphatic rings. The number of fused-ring (bicyclic) bond motifs is 1. The summed E-state index contributed by atoms with van der Waals surface area (Å²) < 4.78 is 2.21. The van der Waals surface area contributed by atoms with E-state index in [1.54, 1.807) is 19.0 Å². The van der Waals surface area contributed by atoms with Crippen LogP contribution in [0.5, 0.6) is 0 Å². The van der Waals surface area contributed by atoms with E-state index in [0.717, 1.165) is 65.9 Å². The van der Waals surface area contributed by atoms with Gasteiger partial charge in [-0.1, -0.05) is 12.1 Å². The predicted molar refractivity (Wildman–Crippen MR) is 145 cm³/mol. The Bertz CT molecular complexity index is 1400. The second-order valence-corrected chi connectivity index (χ2v) is 10.0. The van der Waals surface area contributed by atoms with Crippen LogP contribution in [0.4, 0.5) is 5.82 Å². The average molecular weight is 483 g/mol. The lowest BCUT2D eigenvalue weighted by molar-refractivity contribution is 0.0827. The van der Waals surface area contributed by atoms with Crippen molar-refractivity contribution >= 4 is 22.8 Å². The maximum Gasteiger partial charge on any atom is 0.253 e. The van der Waals surface area contributed by atoms with Gasteiger partial charge in [-0.25, -0.2) is 9.97 Å². The molecule has 7 nitrogen and oxygen atoms in total. The number of piperidine rings is 1. The van der Waals surface area contributed by atoms with Crippen molar-refractivity contribution in [1.82, 2.24) is 24.3 Å². The fraction of sp³-hybridized carbons (Fsp3) is 0.345. The van der Waals surface area contributed by atoms with Crippen molar-refractivity contribution in [3.8, 4) is 11.1 Å². The first-order chi connectivity index (χ1) is 17.3. The van der Waals surface area contributed by atoms with Gasteiger partial charge in [-0.2, -0.15) is 0 Å². The van der Waals surface area contributed by atoms with Crippen LogP contribution in [-0.2, 0) is 13.6 Å². The van der Waals surface area contributed by atoms with E-state index in [0.29, 0.717) is 11.7 Å². The Kier molecular flexibility index (Phi) is 6.49. The van der Waals surface area contributed by atoms with Gasteiger partial charge < -0.3 is 15.2 Å². The molecule has 0 bridgehead atoms. The van der Waals surface area contributed by atoms with Crippen LogP contribution >= 0.6 is 0 Å². The number of nitrogen functional groups attached to an aromatic ring is 1. The molecular weight excluding hydrogens is 448 g/mol. The molecule has 3 aromatic heterocycles. The molecule has 1 fully saturated rings. The third-order valence-corrected chi connectivity index (χ3v) is 7.43. The number of amides is 1. The van der Waals surface area contributed by atoms with Crippen LogP contribution in [0.1, 0.15) is 46.1 Å². The molecule has 4 aromatic rings. The molecule has 1 aromatic carbocycles. The van der Waals surface area contributed by atoms with E-state index in [2.05, 4.69) is 50.7 Å². The standard InChI is InChI=1S/C29H34N6O/c1-19-24(9-10-27(30)32-19)25-11-14-31-28-26(25)17-23(34(28)4)18-35-15-12-21(13-16-35)20-5-7-22(8-6-20)29(36)33(2)3/h5-11,14,17,21H,12-13,15-16,18H2,1-4H3,(H2,30,32). The normalized spacial score (nSPS) is 14.9. The van der Waals surface area contributed by atoms with Crippen molar-refractivity contribution in [2.24, 2.45) is 7.05 Å². The summed E-state index contributed by atoms with van der Waals surface area (Å²) in [5.74, 6) is 1.12. The number of benzene rings is 1. The van der Waals surface area contributed by atoms with E-state index < -0.39 is 0 Å². The molecule has 0 saturated carbocycles. The van der Waals surface area contributed by atoms with E-state index in [4.69, 9.17) is 5.73 Å². The first kappa shape index (κ1) is 24.0. The van der Waals surface area contributed by atoms with E-state index >= 15 is 0 Å².